The Morgan fingerprint density at radius 3 is 1.33 bits per heavy atom. The fraction of sp³-hybridized carbons (Fsp3) is 0.873. The van der Waals surface area contributed by atoms with Gasteiger partial charge in [-0.05, 0) is 64.2 Å². The van der Waals surface area contributed by atoms with Gasteiger partial charge in [0.2, 0.25) is 41.4 Å². The van der Waals surface area contributed by atoms with Crippen molar-refractivity contribution in [3.05, 3.63) is 0 Å². The van der Waals surface area contributed by atoms with E-state index in [4.69, 9.17) is 9.47 Å². The first-order chi connectivity index (χ1) is 38.7. The van der Waals surface area contributed by atoms with Gasteiger partial charge in [0.15, 0.2) is 6.04 Å². The fourth-order valence-electron chi connectivity index (χ4n) is 11.0. The highest BCUT2D eigenvalue weighted by Gasteiger charge is 2.41. The highest BCUT2D eigenvalue weighted by molar-refractivity contribution is 5.98. The number of nitrogens with one attached hydrogen (secondary N) is 6. The second-order valence-corrected chi connectivity index (χ2v) is 24.5. The van der Waals surface area contributed by atoms with E-state index in [1.54, 1.807) is 41.5 Å². The molecule has 18 heteroatoms. The zero-order chi connectivity index (χ0) is 60.3. The smallest absolute Gasteiger partial charge is 0.331 e. The van der Waals surface area contributed by atoms with Crippen LogP contribution in [0.1, 0.15) is 262 Å². The van der Waals surface area contributed by atoms with Gasteiger partial charge < -0.3 is 51.4 Å². The number of hydrogen-bond donors (Lipinski definition) is 7. The van der Waals surface area contributed by atoms with Crippen LogP contribution in [0.2, 0.25) is 0 Å². The van der Waals surface area contributed by atoms with E-state index in [1.165, 1.54) is 154 Å². The number of rotatable bonds is 33. The van der Waals surface area contributed by atoms with E-state index in [0.717, 1.165) is 25.7 Å². The van der Waals surface area contributed by atoms with Gasteiger partial charge in [0, 0.05) is 13.7 Å². The van der Waals surface area contributed by atoms with E-state index in [2.05, 4.69) is 38.8 Å². The average Bonchev–Trinajstić information content (AvgIpc) is 3.95. The van der Waals surface area contributed by atoms with Gasteiger partial charge in [0.1, 0.15) is 42.4 Å². The number of carbonyl (C=O) groups excluding carboxylic acids is 8. The van der Waals surface area contributed by atoms with E-state index in [1.807, 2.05) is 6.92 Å². The third kappa shape index (κ3) is 28.2. The highest BCUT2D eigenvalue weighted by atomic mass is 16.5. The Morgan fingerprint density at radius 2 is 0.914 bits per heavy atom. The predicted molar refractivity (Wildman–Crippen MR) is 319 cm³/mol. The van der Waals surface area contributed by atoms with E-state index in [0.29, 0.717) is 25.7 Å². The number of methoxy groups -OCH3 is 1. The molecular formula is C63H115N7O11. The van der Waals surface area contributed by atoms with Crippen molar-refractivity contribution in [2.75, 3.05) is 13.7 Å². The number of aliphatic hydroxyl groups is 1. The molecular weight excluding hydrogens is 1030 g/mol. The topological polar surface area (TPSA) is 251 Å². The number of hydrogen-bond acceptors (Lipinski definition) is 11. The number of amides is 7. The van der Waals surface area contributed by atoms with Crippen LogP contribution in [0.3, 0.4) is 0 Å². The zero-order valence-electron chi connectivity index (χ0n) is 52.4. The molecule has 0 aliphatic carbocycles. The van der Waals surface area contributed by atoms with Gasteiger partial charge in [0.05, 0.1) is 18.6 Å². The summed E-state index contributed by atoms with van der Waals surface area (Å²) in [5.41, 5.74) is 0. The van der Waals surface area contributed by atoms with Crippen LogP contribution in [-0.2, 0) is 47.8 Å². The molecule has 0 aromatic heterocycles. The van der Waals surface area contributed by atoms with Gasteiger partial charge in [-0.1, -0.05) is 209 Å². The molecule has 0 aromatic carbocycles. The lowest BCUT2D eigenvalue weighted by molar-refractivity contribution is -0.158. The quantitative estimate of drug-likeness (QED) is 0.0241. The number of ether oxygens (including phenoxy) is 2. The van der Waals surface area contributed by atoms with Crippen molar-refractivity contribution in [1.82, 2.24) is 36.8 Å². The largest absolute Gasteiger partial charge is 0.460 e. The van der Waals surface area contributed by atoms with Gasteiger partial charge in [-0.3, -0.25) is 33.6 Å². The van der Waals surface area contributed by atoms with Crippen LogP contribution in [0.15, 0.2) is 0 Å². The first-order valence-electron chi connectivity index (χ1n) is 32.2. The molecule has 7 N–H and O–H groups in total. The maximum Gasteiger partial charge on any atom is 0.331 e. The summed E-state index contributed by atoms with van der Waals surface area (Å²) in [6, 6.07) is -8.44. The summed E-state index contributed by atoms with van der Waals surface area (Å²) in [6.07, 6.45) is 29.4. The molecule has 0 saturated carbocycles. The number of fused-ring (bicyclic) bond motifs is 1. The van der Waals surface area contributed by atoms with Gasteiger partial charge in [-0.2, -0.15) is 0 Å². The number of unbranched alkanes of at least 4 members (excludes halogenated alkanes) is 24. The van der Waals surface area contributed by atoms with Crippen molar-refractivity contribution in [2.24, 2.45) is 17.8 Å². The summed E-state index contributed by atoms with van der Waals surface area (Å²) >= 11 is 0. The molecule has 0 unspecified atom stereocenters. The van der Waals surface area contributed by atoms with Gasteiger partial charge in [-0.15, -0.1) is 0 Å². The van der Waals surface area contributed by atoms with E-state index < -0.39 is 126 Å². The summed E-state index contributed by atoms with van der Waals surface area (Å²) < 4.78 is 11.6. The van der Waals surface area contributed by atoms with Gasteiger partial charge in [-0.25, -0.2) is 4.79 Å². The van der Waals surface area contributed by atoms with Gasteiger partial charge >= 0.3 is 5.97 Å². The molecule has 81 heavy (non-hydrogen) atoms. The number of cyclic esters (lactones) is 1. The molecule has 0 aromatic rings. The number of esters is 1. The summed E-state index contributed by atoms with van der Waals surface area (Å²) in [5.74, 6) is -6.94. The van der Waals surface area contributed by atoms with E-state index in [-0.39, 0.29) is 19.4 Å². The van der Waals surface area contributed by atoms with E-state index in [9.17, 15) is 43.5 Å². The molecule has 18 nitrogen and oxygen atoms in total. The lowest BCUT2D eigenvalue weighted by atomic mass is 9.96. The summed E-state index contributed by atoms with van der Waals surface area (Å²) in [4.78, 5) is 114. The molecule has 2 rings (SSSR count). The minimum atomic E-state index is -1.52. The monoisotopic (exact) mass is 1150 g/mol. The minimum absolute atomic E-state index is 0.219. The molecule has 2 aliphatic rings. The minimum Gasteiger partial charge on any atom is -0.460 e. The third-order valence-electron chi connectivity index (χ3n) is 16.7. The van der Waals surface area contributed by atoms with Crippen molar-refractivity contribution in [3.63, 3.8) is 0 Å². The second kappa shape index (κ2) is 41.6. The van der Waals surface area contributed by atoms with Crippen molar-refractivity contribution in [2.45, 2.75) is 322 Å². The van der Waals surface area contributed by atoms with Crippen molar-refractivity contribution < 1.29 is 52.9 Å². The van der Waals surface area contributed by atoms with Gasteiger partial charge in [0.25, 0.3) is 0 Å². The zero-order valence-corrected chi connectivity index (χ0v) is 52.4. The molecule has 7 amide bonds. The first-order valence-corrected chi connectivity index (χ1v) is 32.2. The maximum absolute atomic E-state index is 14.3. The average molecular weight is 1150 g/mol. The van der Waals surface area contributed by atoms with Crippen molar-refractivity contribution >= 4 is 47.3 Å². The SMILES string of the molecule is CCCCCCCCCCCCCCCCCCCCCCCCCCC[C@@H]1CC(=O)N[C@@H]([C@@H](C)O)C(=O)N[C@@H](C(C)C)C(=O)N[C@@H](C)C(=O)N2CCC[C@@H]2C(=O)N[C@H]([C@@H](C)CC)C(=O)N[C@@H](C(C)C)C(=O)N[C@@H]([C@@H](C)OC)C(=O)O1. The second-order valence-electron chi connectivity index (χ2n) is 24.5. The Kier molecular flexibility index (Phi) is 37.4. The Morgan fingerprint density at radius 1 is 0.519 bits per heavy atom. The predicted octanol–water partition coefficient (Wildman–Crippen LogP) is 9.16. The van der Waals surface area contributed by atoms with Crippen LogP contribution in [-0.4, -0.2) is 132 Å². The maximum atomic E-state index is 14.3. The molecule has 2 saturated heterocycles. The lowest BCUT2D eigenvalue weighted by Crippen LogP contribution is -2.61. The Balaban J connectivity index is 2.16. The third-order valence-corrected chi connectivity index (χ3v) is 16.7. The van der Waals surface area contributed by atoms with Crippen LogP contribution in [0.4, 0.5) is 0 Å². The summed E-state index contributed by atoms with van der Waals surface area (Å²) in [7, 11) is 1.38. The number of carbonyl (C=O) groups is 8. The van der Waals surface area contributed by atoms with Crippen LogP contribution >= 0.6 is 0 Å². The van der Waals surface area contributed by atoms with Crippen LogP contribution in [0, 0.1) is 17.8 Å². The molecule has 11 atom stereocenters. The molecule has 2 fully saturated rings. The first kappa shape index (κ1) is 72.8. The fourth-order valence-corrected chi connectivity index (χ4v) is 11.0. The molecule has 0 radical (unpaired) electrons. The van der Waals surface area contributed by atoms with E-state index >= 15 is 0 Å². The molecule has 2 aliphatic heterocycles. The van der Waals surface area contributed by atoms with Crippen LogP contribution in [0.25, 0.3) is 0 Å². The number of aliphatic hydroxyl groups excluding tert-OH is 1. The Labute approximate surface area is 489 Å². The normalized spacial score (nSPS) is 24.7. The molecule has 468 valence electrons. The van der Waals surface area contributed by atoms with Crippen molar-refractivity contribution in [1.29, 1.82) is 0 Å². The van der Waals surface area contributed by atoms with Crippen molar-refractivity contribution in [3.8, 4) is 0 Å². The summed E-state index contributed by atoms with van der Waals surface area (Å²) in [5, 5.41) is 27.2. The molecule has 0 spiro atoms. The number of nitrogens with zero attached hydrogens (tertiary/aromatic N) is 1. The standard InChI is InChI=1S/C63H115N7O11/c1-12-14-15-16-17-18-19-20-21-22-23-24-25-26-27-28-29-30-31-32-33-34-35-36-37-39-49-42-51(72)65-55(47(9)71)61(77)67-52(43(3)4)58(74)64-46(8)62(78)70-41-38-40-50(70)57(73)68-54(45(7)13-2)60(76)66-53(44(5)6)59(75)69-56(48(10)80-11)63(79)81-49/h43-50,52-56,71H,12-42H2,1-11H3,(H,64,74)(H,65,72)(H,66,76)(H,67,77)(H,68,73)(H,69,75)/t45-,46-,47+,48+,49+,50+,52-,53-,54+,55-,56-/m0/s1. The summed E-state index contributed by atoms with van der Waals surface area (Å²) in [6.45, 7) is 17.4. The molecule has 2 heterocycles. The Bertz CT molecular complexity index is 1850. The highest BCUT2D eigenvalue weighted by Crippen LogP contribution is 2.22. The Hall–Kier alpha value is -4.32. The molecule has 0 bridgehead atoms. The van der Waals surface area contributed by atoms with Crippen LogP contribution < -0.4 is 31.9 Å². The van der Waals surface area contributed by atoms with Crippen LogP contribution in [0.5, 0.6) is 0 Å². The lowest BCUT2D eigenvalue weighted by Gasteiger charge is -2.32.